The summed E-state index contributed by atoms with van der Waals surface area (Å²) in [6, 6.07) is 7.39. The van der Waals surface area contributed by atoms with Crippen LogP contribution in [0.4, 0.5) is 9.93 Å². The zero-order chi connectivity index (χ0) is 18.6. The molecule has 0 aliphatic rings. The Hall–Kier alpha value is -1.93. The third-order valence-corrected chi connectivity index (χ3v) is 4.24. The van der Waals surface area contributed by atoms with Crippen LogP contribution in [0.3, 0.4) is 0 Å². The SMILES string of the molecule is CCOC(=O)c1sc(NC(=O)OC(C)(C)C)nc1-c1cccc(Br)c1. The Bertz CT molecular complexity index is 783. The third-order valence-electron chi connectivity index (χ3n) is 2.79. The van der Waals surface area contributed by atoms with Crippen LogP contribution >= 0.6 is 27.3 Å². The van der Waals surface area contributed by atoms with Crippen LogP contribution in [0.5, 0.6) is 0 Å². The van der Waals surface area contributed by atoms with Gasteiger partial charge < -0.3 is 9.47 Å². The molecular formula is C17H19BrN2O4S. The first-order chi connectivity index (χ1) is 11.7. The average molecular weight is 427 g/mol. The molecule has 0 saturated carbocycles. The number of rotatable bonds is 4. The molecule has 0 spiro atoms. The molecule has 0 fully saturated rings. The van der Waals surface area contributed by atoms with Gasteiger partial charge in [0.1, 0.15) is 10.5 Å². The Morgan fingerprint density at radius 3 is 2.64 bits per heavy atom. The number of nitrogens with zero attached hydrogens (tertiary/aromatic N) is 1. The monoisotopic (exact) mass is 426 g/mol. The van der Waals surface area contributed by atoms with Crippen molar-refractivity contribution in [1.82, 2.24) is 4.98 Å². The first-order valence-corrected chi connectivity index (χ1v) is 9.24. The molecule has 1 heterocycles. The number of esters is 1. The molecule has 0 aliphatic carbocycles. The van der Waals surface area contributed by atoms with Crippen LogP contribution in [0.1, 0.15) is 37.4 Å². The van der Waals surface area contributed by atoms with Gasteiger partial charge in [-0.2, -0.15) is 0 Å². The van der Waals surface area contributed by atoms with Gasteiger partial charge in [-0.3, -0.25) is 5.32 Å². The van der Waals surface area contributed by atoms with Gasteiger partial charge in [-0.15, -0.1) is 0 Å². The number of benzene rings is 1. The number of carbonyl (C=O) groups is 2. The summed E-state index contributed by atoms with van der Waals surface area (Å²) in [7, 11) is 0. The summed E-state index contributed by atoms with van der Waals surface area (Å²) in [5.74, 6) is -0.479. The molecule has 0 saturated heterocycles. The maximum absolute atomic E-state index is 12.2. The Morgan fingerprint density at radius 2 is 2.04 bits per heavy atom. The molecule has 2 rings (SSSR count). The van der Waals surface area contributed by atoms with Crippen molar-refractivity contribution in [2.24, 2.45) is 0 Å². The predicted molar refractivity (Wildman–Crippen MR) is 101 cm³/mol. The van der Waals surface area contributed by atoms with E-state index in [1.54, 1.807) is 27.7 Å². The molecule has 8 heteroatoms. The van der Waals surface area contributed by atoms with Crippen molar-refractivity contribution in [1.29, 1.82) is 0 Å². The van der Waals surface area contributed by atoms with Crippen LogP contribution in [0.15, 0.2) is 28.7 Å². The van der Waals surface area contributed by atoms with Gasteiger partial charge in [-0.25, -0.2) is 14.6 Å². The minimum atomic E-state index is -0.627. The fourth-order valence-corrected chi connectivity index (χ4v) is 3.20. The highest BCUT2D eigenvalue weighted by Gasteiger charge is 2.23. The van der Waals surface area contributed by atoms with Crippen molar-refractivity contribution < 1.29 is 19.1 Å². The number of amides is 1. The molecule has 1 aromatic heterocycles. The number of ether oxygens (including phenoxy) is 2. The van der Waals surface area contributed by atoms with E-state index in [9.17, 15) is 9.59 Å². The lowest BCUT2D eigenvalue weighted by Crippen LogP contribution is -2.27. The first-order valence-electron chi connectivity index (χ1n) is 7.63. The number of hydrogen-bond acceptors (Lipinski definition) is 6. The maximum Gasteiger partial charge on any atom is 0.413 e. The highest BCUT2D eigenvalue weighted by atomic mass is 79.9. The number of carbonyl (C=O) groups excluding carboxylic acids is 2. The van der Waals surface area contributed by atoms with Gasteiger partial charge in [0.15, 0.2) is 5.13 Å². The maximum atomic E-state index is 12.2. The van der Waals surface area contributed by atoms with Crippen molar-refractivity contribution in [3.05, 3.63) is 33.6 Å². The zero-order valence-corrected chi connectivity index (χ0v) is 16.8. The van der Waals surface area contributed by atoms with E-state index in [-0.39, 0.29) is 11.7 Å². The van der Waals surface area contributed by atoms with Crippen molar-refractivity contribution >= 4 is 44.5 Å². The fraction of sp³-hybridized carbons (Fsp3) is 0.353. The van der Waals surface area contributed by atoms with Gasteiger partial charge in [0.2, 0.25) is 0 Å². The molecule has 6 nitrogen and oxygen atoms in total. The highest BCUT2D eigenvalue weighted by Crippen LogP contribution is 2.33. The average Bonchev–Trinajstić information content (AvgIpc) is 2.89. The standard InChI is InChI=1S/C17H19BrN2O4S/c1-5-23-14(21)13-12(10-7-6-8-11(18)9-10)19-15(25-13)20-16(22)24-17(2,3)4/h6-9H,5H2,1-4H3,(H,19,20,22). The normalized spacial score (nSPS) is 11.1. The van der Waals surface area contributed by atoms with Gasteiger partial charge in [-0.1, -0.05) is 39.4 Å². The van der Waals surface area contributed by atoms with E-state index in [0.29, 0.717) is 10.6 Å². The molecule has 0 atom stereocenters. The van der Waals surface area contributed by atoms with Crippen LogP contribution in [-0.4, -0.2) is 29.3 Å². The van der Waals surface area contributed by atoms with Gasteiger partial charge in [0, 0.05) is 10.0 Å². The number of thiazole rings is 1. The van der Waals surface area contributed by atoms with Crippen molar-refractivity contribution in [2.75, 3.05) is 11.9 Å². The third kappa shape index (κ3) is 5.54. The Kier molecular flexibility index (Phi) is 6.18. The van der Waals surface area contributed by atoms with Crippen LogP contribution in [0, 0.1) is 0 Å². The summed E-state index contributed by atoms with van der Waals surface area (Å²) < 4.78 is 11.2. The predicted octanol–water partition coefficient (Wildman–Crippen LogP) is 5.10. The number of halogens is 1. The van der Waals surface area contributed by atoms with Gasteiger partial charge in [-0.05, 0) is 39.8 Å². The van der Waals surface area contributed by atoms with Crippen LogP contribution in [0.2, 0.25) is 0 Å². The number of nitrogens with one attached hydrogen (secondary N) is 1. The van der Waals surface area contributed by atoms with E-state index in [1.165, 1.54) is 0 Å². The molecule has 1 N–H and O–H groups in total. The molecule has 0 bridgehead atoms. The summed E-state index contributed by atoms with van der Waals surface area (Å²) >= 11 is 4.45. The van der Waals surface area contributed by atoms with Gasteiger partial charge in [0.05, 0.1) is 12.3 Å². The summed E-state index contributed by atoms with van der Waals surface area (Å²) in [5, 5.41) is 2.84. The lowest BCUT2D eigenvalue weighted by molar-refractivity contribution is 0.0531. The zero-order valence-electron chi connectivity index (χ0n) is 14.4. The van der Waals surface area contributed by atoms with E-state index in [4.69, 9.17) is 9.47 Å². The van der Waals surface area contributed by atoms with E-state index >= 15 is 0 Å². The lowest BCUT2D eigenvalue weighted by Gasteiger charge is -2.18. The molecule has 0 aliphatic heterocycles. The number of aromatic nitrogens is 1. The first kappa shape index (κ1) is 19.4. The molecule has 2 aromatic rings. The molecule has 1 aromatic carbocycles. The minimum Gasteiger partial charge on any atom is -0.462 e. The second-order valence-corrected chi connectivity index (χ2v) is 7.97. The number of anilines is 1. The number of hydrogen-bond donors (Lipinski definition) is 1. The van der Waals surface area contributed by atoms with Crippen molar-refractivity contribution in [2.45, 2.75) is 33.3 Å². The van der Waals surface area contributed by atoms with E-state index in [2.05, 4.69) is 26.2 Å². The Morgan fingerprint density at radius 1 is 1.32 bits per heavy atom. The molecule has 1 amide bonds. The topological polar surface area (TPSA) is 77.5 Å². The van der Waals surface area contributed by atoms with Gasteiger partial charge >= 0.3 is 12.1 Å². The van der Waals surface area contributed by atoms with E-state index in [1.807, 2.05) is 24.3 Å². The second-order valence-electron chi connectivity index (χ2n) is 6.05. The summed E-state index contributed by atoms with van der Waals surface area (Å²) in [6.07, 6.45) is -0.627. The second kappa shape index (κ2) is 7.97. The smallest absolute Gasteiger partial charge is 0.413 e. The van der Waals surface area contributed by atoms with E-state index in [0.717, 1.165) is 21.4 Å². The van der Waals surface area contributed by atoms with Crippen molar-refractivity contribution in [3.63, 3.8) is 0 Å². The highest BCUT2D eigenvalue weighted by molar-refractivity contribution is 9.10. The minimum absolute atomic E-state index is 0.253. The summed E-state index contributed by atoms with van der Waals surface area (Å²) in [5.41, 5.74) is 0.569. The molecular weight excluding hydrogens is 408 g/mol. The molecule has 25 heavy (non-hydrogen) atoms. The van der Waals surface area contributed by atoms with Crippen LogP contribution < -0.4 is 5.32 Å². The van der Waals surface area contributed by atoms with Crippen LogP contribution in [0.25, 0.3) is 11.3 Å². The summed E-state index contributed by atoms with van der Waals surface area (Å²) in [4.78, 5) is 28.9. The van der Waals surface area contributed by atoms with Crippen LogP contribution in [-0.2, 0) is 9.47 Å². The molecule has 0 radical (unpaired) electrons. The lowest BCUT2D eigenvalue weighted by atomic mass is 10.1. The van der Waals surface area contributed by atoms with Gasteiger partial charge in [0.25, 0.3) is 0 Å². The Labute approximate surface area is 158 Å². The molecule has 0 unspecified atom stereocenters. The largest absolute Gasteiger partial charge is 0.462 e. The molecule has 134 valence electrons. The fourth-order valence-electron chi connectivity index (χ4n) is 1.93. The van der Waals surface area contributed by atoms with Crippen molar-refractivity contribution in [3.8, 4) is 11.3 Å². The quantitative estimate of drug-likeness (QED) is 0.688. The Balaban J connectivity index is 2.36. The van der Waals surface area contributed by atoms with E-state index < -0.39 is 17.7 Å². The summed E-state index contributed by atoms with van der Waals surface area (Å²) in [6.45, 7) is 7.29.